The number of benzene rings is 1. The standard InChI is InChI=1S/C18H33N2.ClH/c1-5-9-13-16-19-20(7-3,8-4)18(6-2)17-14-11-10-12-15-17;/h10-12,14-15,18-19H,5-9,13,16H2,1-4H3;1H/q+1;/p-1. The predicted molar refractivity (Wildman–Crippen MR) is 88.3 cm³/mol. The molecule has 1 aromatic carbocycles. The Morgan fingerprint density at radius 3 is 2.05 bits per heavy atom. The molecule has 0 spiro atoms. The highest BCUT2D eigenvalue weighted by Crippen LogP contribution is 2.29. The second-order valence-corrected chi connectivity index (χ2v) is 5.62. The minimum atomic E-state index is 0. The summed E-state index contributed by atoms with van der Waals surface area (Å²) in [5.74, 6) is 0. The lowest BCUT2D eigenvalue weighted by atomic mass is 10.0. The van der Waals surface area contributed by atoms with Gasteiger partial charge in [-0.05, 0) is 20.3 Å². The lowest BCUT2D eigenvalue weighted by Gasteiger charge is -2.43. The van der Waals surface area contributed by atoms with E-state index in [4.69, 9.17) is 0 Å². The normalized spacial score (nSPS) is 12.8. The number of hydrogen-bond acceptors (Lipinski definition) is 1. The lowest BCUT2D eigenvalue weighted by Crippen LogP contribution is -3.00. The minimum Gasteiger partial charge on any atom is -1.00 e. The van der Waals surface area contributed by atoms with Crippen LogP contribution < -0.4 is 17.8 Å². The fourth-order valence-corrected chi connectivity index (χ4v) is 3.22. The van der Waals surface area contributed by atoms with Gasteiger partial charge in [0.1, 0.15) is 6.04 Å². The van der Waals surface area contributed by atoms with Crippen LogP contribution in [0.15, 0.2) is 30.3 Å². The molecule has 1 unspecified atom stereocenters. The van der Waals surface area contributed by atoms with Crippen molar-refractivity contribution in [3.8, 4) is 0 Å². The zero-order valence-corrected chi connectivity index (χ0v) is 15.0. The van der Waals surface area contributed by atoms with Gasteiger partial charge in [-0.25, -0.2) is 4.59 Å². The van der Waals surface area contributed by atoms with E-state index in [2.05, 4.69) is 63.5 Å². The summed E-state index contributed by atoms with van der Waals surface area (Å²) in [6, 6.07) is 11.5. The molecule has 0 aliphatic rings. The van der Waals surface area contributed by atoms with Crippen LogP contribution in [0.25, 0.3) is 0 Å². The number of nitrogens with one attached hydrogen (secondary N) is 1. The summed E-state index contributed by atoms with van der Waals surface area (Å²) in [5.41, 5.74) is 5.31. The summed E-state index contributed by atoms with van der Waals surface area (Å²) in [5, 5.41) is 0. The third-order valence-electron chi connectivity index (χ3n) is 4.50. The summed E-state index contributed by atoms with van der Waals surface area (Å²) in [6.07, 6.45) is 5.06. The molecule has 0 heterocycles. The zero-order valence-electron chi connectivity index (χ0n) is 14.2. The van der Waals surface area contributed by atoms with Crippen molar-refractivity contribution < 1.29 is 17.0 Å². The Balaban J connectivity index is 0.00000400. The van der Waals surface area contributed by atoms with E-state index in [0.717, 1.165) is 24.2 Å². The summed E-state index contributed by atoms with van der Waals surface area (Å²) >= 11 is 0. The Morgan fingerprint density at radius 2 is 1.57 bits per heavy atom. The first-order valence-corrected chi connectivity index (χ1v) is 8.40. The van der Waals surface area contributed by atoms with Crippen molar-refractivity contribution >= 4 is 0 Å². The second-order valence-electron chi connectivity index (χ2n) is 5.62. The Bertz CT molecular complexity index is 349. The number of unbranched alkanes of at least 4 members (excludes halogenated alkanes) is 2. The molecule has 0 aliphatic heterocycles. The summed E-state index contributed by atoms with van der Waals surface area (Å²) in [6.45, 7) is 12.6. The highest BCUT2D eigenvalue weighted by Gasteiger charge is 2.34. The van der Waals surface area contributed by atoms with E-state index in [9.17, 15) is 0 Å². The van der Waals surface area contributed by atoms with E-state index in [1.165, 1.54) is 31.2 Å². The number of rotatable bonds is 10. The fourth-order valence-electron chi connectivity index (χ4n) is 3.22. The van der Waals surface area contributed by atoms with Crippen LogP contribution in [-0.4, -0.2) is 24.2 Å². The Morgan fingerprint density at radius 1 is 0.952 bits per heavy atom. The maximum absolute atomic E-state index is 3.85. The number of hydrogen-bond donors (Lipinski definition) is 1. The summed E-state index contributed by atoms with van der Waals surface area (Å²) < 4.78 is 1.00. The van der Waals surface area contributed by atoms with E-state index >= 15 is 0 Å². The average Bonchev–Trinajstić information content (AvgIpc) is 2.51. The third kappa shape index (κ3) is 5.61. The first-order chi connectivity index (χ1) is 9.74. The van der Waals surface area contributed by atoms with Crippen molar-refractivity contribution in [1.82, 2.24) is 5.43 Å². The van der Waals surface area contributed by atoms with Gasteiger partial charge in [0.05, 0.1) is 13.1 Å². The molecule has 0 fully saturated rings. The third-order valence-corrected chi connectivity index (χ3v) is 4.50. The van der Waals surface area contributed by atoms with Gasteiger partial charge in [0, 0.05) is 18.5 Å². The van der Waals surface area contributed by atoms with Crippen molar-refractivity contribution in [1.29, 1.82) is 0 Å². The van der Waals surface area contributed by atoms with Crippen molar-refractivity contribution in [2.24, 2.45) is 0 Å². The van der Waals surface area contributed by atoms with Crippen LogP contribution in [0.5, 0.6) is 0 Å². The van der Waals surface area contributed by atoms with Crippen molar-refractivity contribution in [3.63, 3.8) is 0 Å². The van der Waals surface area contributed by atoms with Gasteiger partial charge in [-0.3, -0.25) is 0 Å². The molecule has 1 atom stereocenters. The maximum Gasteiger partial charge on any atom is 0.132 e. The van der Waals surface area contributed by atoms with Gasteiger partial charge in [0.2, 0.25) is 0 Å². The molecule has 2 nitrogen and oxygen atoms in total. The molecule has 0 amide bonds. The summed E-state index contributed by atoms with van der Waals surface area (Å²) in [4.78, 5) is 0. The van der Waals surface area contributed by atoms with E-state index in [0.29, 0.717) is 6.04 Å². The molecular formula is C18H33ClN2. The van der Waals surface area contributed by atoms with Gasteiger partial charge < -0.3 is 12.4 Å². The molecule has 1 rings (SSSR count). The number of halogens is 1. The van der Waals surface area contributed by atoms with Crippen LogP contribution in [-0.2, 0) is 0 Å². The smallest absolute Gasteiger partial charge is 0.132 e. The fraction of sp³-hybridized carbons (Fsp3) is 0.667. The Kier molecular flexibility index (Phi) is 10.8. The van der Waals surface area contributed by atoms with Crippen LogP contribution in [0.3, 0.4) is 0 Å². The molecule has 0 radical (unpaired) electrons. The average molecular weight is 313 g/mol. The van der Waals surface area contributed by atoms with Gasteiger partial charge in [-0.1, -0.05) is 57.0 Å². The van der Waals surface area contributed by atoms with E-state index in [1.54, 1.807) is 0 Å². The van der Waals surface area contributed by atoms with Crippen LogP contribution in [0.1, 0.15) is 65.0 Å². The Labute approximate surface area is 137 Å². The predicted octanol–water partition coefficient (Wildman–Crippen LogP) is 1.69. The topological polar surface area (TPSA) is 12.0 Å². The van der Waals surface area contributed by atoms with Crippen LogP contribution in [0.4, 0.5) is 0 Å². The van der Waals surface area contributed by atoms with Gasteiger partial charge in [0.15, 0.2) is 0 Å². The number of quaternary nitrogens is 1. The van der Waals surface area contributed by atoms with E-state index < -0.39 is 0 Å². The molecule has 21 heavy (non-hydrogen) atoms. The highest BCUT2D eigenvalue weighted by molar-refractivity contribution is 5.17. The van der Waals surface area contributed by atoms with Gasteiger partial charge in [0.25, 0.3) is 0 Å². The molecule has 0 saturated carbocycles. The Hall–Kier alpha value is -0.570. The van der Waals surface area contributed by atoms with E-state index in [-0.39, 0.29) is 12.4 Å². The second kappa shape index (κ2) is 11.1. The van der Waals surface area contributed by atoms with Crippen LogP contribution >= 0.6 is 0 Å². The molecule has 1 N–H and O–H groups in total. The van der Waals surface area contributed by atoms with Crippen LogP contribution in [0, 0.1) is 0 Å². The molecule has 3 heteroatoms. The van der Waals surface area contributed by atoms with Gasteiger partial charge in [-0.15, -0.1) is 0 Å². The molecule has 0 aromatic heterocycles. The van der Waals surface area contributed by atoms with Crippen molar-refractivity contribution in [2.75, 3.05) is 19.6 Å². The first kappa shape index (κ1) is 20.4. The molecule has 0 aliphatic carbocycles. The molecule has 122 valence electrons. The molecule has 1 aromatic rings. The molecular weight excluding hydrogens is 280 g/mol. The minimum absolute atomic E-state index is 0. The molecule has 0 bridgehead atoms. The van der Waals surface area contributed by atoms with Crippen molar-refractivity contribution in [2.45, 2.75) is 59.4 Å². The SMILES string of the molecule is CCCCCN[N+](CC)(CC)C(CC)c1ccccc1.[Cl-]. The highest BCUT2D eigenvalue weighted by atomic mass is 35.5. The van der Waals surface area contributed by atoms with Crippen LogP contribution in [0.2, 0.25) is 0 Å². The van der Waals surface area contributed by atoms with E-state index in [1.807, 2.05) is 0 Å². The van der Waals surface area contributed by atoms with Gasteiger partial charge in [-0.2, -0.15) is 5.43 Å². The van der Waals surface area contributed by atoms with Gasteiger partial charge >= 0.3 is 0 Å². The number of nitrogens with zero attached hydrogens (tertiary/aromatic N) is 1. The summed E-state index contributed by atoms with van der Waals surface area (Å²) in [7, 11) is 0. The molecule has 0 saturated heterocycles. The maximum atomic E-state index is 3.85. The monoisotopic (exact) mass is 312 g/mol. The lowest BCUT2D eigenvalue weighted by molar-refractivity contribution is -0.994. The quantitative estimate of drug-likeness (QED) is 0.394. The van der Waals surface area contributed by atoms with Crippen molar-refractivity contribution in [3.05, 3.63) is 35.9 Å². The first-order valence-electron chi connectivity index (χ1n) is 8.40. The largest absolute Gasteiger partial charge is 1.00 e. The zero-order chi connectivity index (χ0) is 14.8.